The van der Waals surface area contributed by atoms with Crippen LogP contribution < -0.4 is 11.1 Å². The number of urea groups is 1. The lowest BCUT2D eigenvalue weighted by molar-refractivity contribution is 0.149. The van der Waals surface area contributed by atoms with Crippen molar-refractivity contribution in [2.75, 3.05) is 44.6 Å². The standard InChI is InChI=1S/C10H17N5O2/c11-2-4-14-5-7-15(8-6-14)10(16)13-9-1-3-12-17-9/h1,3H,2,4-8,11H2,(H,13,16). The maximum absolute atomic E-state index is 11.8. The van der Waals surface area contributed by atoms with Crippen molar-refractivity contribution in [2.45, 2.75) is 0 Å². The van der Waals surface area contributed by atoms with Crippen molar-refractivity contribution >= 4 is 11.9 Å². The van der Waals surface area contributed by atoms with E-state index in [1.54, 1.807) is 11.0 Å². The summed E-state index contributed by atoms with van der Waals surface area (Å²) in [5.74, 6) is 0.374. The molecule has 0 aromatic carbocycles. The summed E-state index contributed by atoms with van der Waals surface area (Å²) in [6.45, 7) is 4.68. The molecule has 1 saturated heterocycles. The van der Waals surface area contributed by atoms with E-state index >= 15 is 0 Å². The Bertz CT molecular complexity index is 346. The number of carbonyl (C=O) groups excluding carboxylic acids is 1. The normalized spacial score (nSPS) is 17.1. The van der Waals surface area contributed by atoms with Crippen LogP contribution in [0.5, 0.6) is 0 Å². The van der Waals surface area contributed by atoms with Gasteiger partial charge >= 0.3 is 6.03 Å². The first-order chi connectivity index (χ1) is 8.29. The topological polar surface area (TPSA) is 87.6 Å². The molecule has 0 unspecified atom stereocenters. The number of nitrogens with zero attached hydrogens (tertiary/aromatic N) is 3. The van der Waals surface area contributed by atoms with Crippen LogP contribution in [-0.4, -0.2) is 60.3 Å². The fraction of sp³-hybridized carbons (Fsp3) is 0.600. The van der Waals surface area contributed by atoms with Gasteiger partial charge in [-0.3, -0.25) is 10.2 Å². The van der Waals surface area contributed by atoms with Crippen molar-refractivity contribution in [3.63, 3.8) is 0 Å². The molecule has 1 aliphatic rings. The third-order valence-corrected chi connectivity index (χ3v) is 2.77. The Hall–Kier alpha value is -1.60. The summed E-state index contributed by atoms with van der Waals surface area (Å²) >= 11 is 0. The van der Waals surface area contributed by atoms with Crippen LogP contribution in [0.15, 0.2) is 16.8 Å². The van der Waals surface area contributed by atoms with E-state index in [1.165, 1.54) is 6.20 Å². The van der Waals surface area contributed by atoms with Crippen LogP contribution in [0.4, 0.5) is 10.7 Å². The van der Waals surface area contributed by atoms with Gasteiger partial charge in [0.2, 0.25) is 5.88 Å². The number of nitrogens with two attached hydrogens (primary N) is 1. The van der Waals surface area contributed by atoms with Gasteiger partial charge in [-0.05, 0) is 0 Å². The van der Waals surface area contributed by atoms with Crippen molar-refractivity contribution in [1.29, 1.82) is 0 Å². The van der Waals surface area contributed by atoms with Crippen LogP contribution in [0.25, 0.3) is 0 Å². The van der Waals surface area contributed by atoms with Crippen molar-refractivity contribution < 1.29 is 9.32 Å². The molecule has 2 amide bonds. The number of amides is 2. The zero-order valence-electron chi connectivity index (χ0n) is 9.63. The lowest BCUT2D eigenvalue weighted by Crippen LogP contribution is -2.50. The van der Waals surface area contributed by atoms with Gasteiger partial charge in [-0.1, -0.05) is 5.16 Å². The van der Waals surface area contributed by atoms with Crippen molar-refractivity contribution in [1.82, 2.24) is 15.0 Å². The summed E-state index contributed by atoms with van der Waals surface area (Å²) in [7, 11) is 0. The molecule has 7 nitrogen and oxygen atoms in total. The van der Waals surface area contributed by atoms with Gasteiger partial charge in [0, 0.05) is 45.3 Å². The van der Waals surface area contributed by atoms with E-state index in [-0.39, 0.29) is 6.03 Å². The molecule has 94 valence electrons. The summed E-state index contributed by atoms with van der Waals surface area (Å²) < 4.78 is 4.82. The monoisotopic (exact) mass is 239 g/mol. The number of hydrogen-bond acceptors (Lipinski definition) is 5. The van der Waals surface area contributed by atoms with E-state index in [4.69, 9.17) is 10.3 Å². The number of anilines is 1. The van der Waals surface area contributed by atoms with Gasteiger partial charge < -0.3 is 15.2 Å². The second-order valence-electron chi connectivity index (χ2n) is 3.92. The molecule has 7 heteroatoms. The summed E-state index contributed by atoms with van der Waals surface area (Å²) in [6, 6.07) is 1.47. The van der Waals surface area contributed by atoms with Crippen LogP contribution in [-0.2, 0) is 0 Å². The van der Waals surface area contributed by atoms with E-state index in [0.29, 0.717) is 25.5 Å². The highest BCUT2D eigenvalue weighted by molar-refractivity contribution is 5.87. The van der Waals surface area contributed by atoms with Crippen molar-refractivity contribution in [3.05, 3.63) is 12.3 Å². The first-order valence-corrected chi connectivity index (χ1v) is 5.68. The third-order valence-electron chi connectivity index (χ3n) is 2.77. The molecule has 0 aliphatic carbocycles. The molecule has 1 aliphatic heterocycles. The van der Waals surface area contributed by atoms with Gasteiger partial charge in [-0.15, -0.1) is 0 Å². The summed E-state index contributed by atoms with van der Waals surface area (Å²) in [6.07, 6.45) is 1.49. The van der Waals surface area contributed by atoms with E-state index in [1.807, 2.05) is 0 Å². The lowest BCUT2D eigenvalue weighted by atomic mass is 10.3. The van der Waals surface area contributed by atoms with Crippen LogP contribution >= 0.6 is 0 Å². The molecule has 0 radical (unpaired) electrons. The first kappa shape index (κ1) is 11.9. The summed E-state index contributed by atoms with van der Waals surface area (Å²) in [5, 5.41) is 6.18. The largest absolute Gasteiger partial charge is 0.338 e. The van der Waals surface area contributed by atoms with Crippen LogP contribution in [0.1, 0.15) is 0 Å². The zero-order chi connectivity index (χ0) is 12.1. The molecule has 1 aromatic rings. The van der Waals surface area contributed by atoms with E-state index in [9.17, 15) is 4.79 Å². The fourth-order valence-electron chi connectivity index (χ4n) is 1.82. The van der Waals surface area contributed by atoms with Crippen molar-refractivity contribution in [2.24, 2.45) is 5.73 Å². The number of piperazine rings is 1. The number of nitrogens with one attached hydrogen (secondary N) is 1. The second-order valence-corrected chi connectivity index (χ2v) is 3.92. The molecular formula is C10H17N5O2. The molecule has 0 atom stereocenters. The molecule has 2 rings (SSSR count). The number of rotatable bonds is 3. The average molecular weight is 239 g/mol. The van der Waals surface area contributed by atoms with Gasteiger partial charge in [0.05, 0.1) is 6.20 Å². The fourth-order valence-corrected chi connectivity index (χ4v) is 1.82. The van der Waals surface area contributed by atoms with E-state index in [2.05, 4.69) is 15.4 Å². The van der Waals surface area contributed by atoms with Gasteiger partial charge in [-0.2, -0.15) is 0 Å². The minimum atomic E-state index is -0.144. The molecule has 0 bridgehead atoms. The van der Waals surface area contributed by atoms with Gasteiger partial charge in [0.1, 0.15) is 0 Å². The molecule has 0 saturated carbocycles. The number of carbonyl (C=O) groups is 1. The van der Waals surface area contributed by atoms with Gasteiger partial charge in [0.15, 0.2) is 0 Å². The Labute approximate surface area is 99.5 Å². The minimum absolute atomic E-state index is 0.144. The summed E-state index contributed by atoms with van der Waals surface area (Å²) in [5.41, 5.74) is 5.49. The summed E-state index contributed by atoms with van der Waals surface area (Å²) in [4.78, 5) is 15.8. The second kappa shape index (κ2) is 5.65. The Balaban J connectivity index is 1.78. The molecular weight excluding hydrogens is 222 g/mol. The number of aromatic nitrogens is 1. The molecule has 3 N–H and O–H groups in total. The van der Waals surface area contributed by atoms with Crippen LogP contribution in [0.2, 0.25) is 0 Å². The highest BCUT2D eigenvalue weighted by Gasteiger charge is 2.21. The molecule has 1 aromatic heterocycles. The SMILES string of the molecule is NCCN1CCN(C(=O)Nc2ccno2)CC1. The predicted molar refractivity (Wildman–Crippen MR) is 62.6 cm³/mol. The lowest BCUT2D eigenvalue weighted by Gasteiger charge is -2.34. The Morgan fingerprint density at radius 3 is 2.82 bits per heavy atom. The molecule has 17 heavy (non-hydrogen) atoms. The Morgan fingerprint density at radius 1 is 1.47 bits per heavy atom. The zero-order valence-corrected chi connectivity index (χ0v) is 9.63. The maximum atomic E-state index is 11.8. The minimum Gasteiger partial charge on any atom is -0.338 e. The van der Waals surface area contributed by atoms with E-state index in [0.717, 1.165) is 19.6 Å². The van der Waals surface area contributed by atoms with Gasteiger partial charge in [-0.25, -0.2) is 4.79 Å². The average Bonchev–Trinajstić information content (AvgIpc) is 2.83. The highest BCUT2D eigenvalue weighted by Crippen LogP contribution is 2.07. The van der Waals surface area contributed by atoms with Crippen molar-refractivity contribution in [3.8, 4) is 0 Å². The number of hydrogen-bond donors (Lipinski definition) is 2. The smallest absolute Gasteiger partial charge is 0.324 e. The Kier molecular flexibility index (Phi) is 3.94. The first-order valence-electron chi connectivity index (χ1n) is 5.68. The molecule has 2 heterocycles. The predicted octanol–water partition coefficient (Wildman–Crippen LogP) is -0.217. The Morgan fingerprint density at radius 2 is 2.24 bits per heavy atom. The van der Waals surface area contributed by atoms with Crippen LogP contribution in [0, 0.1) is 0 Å². The van der Waals surface area contributed by atoms with E-state index < -0.39 is 0 Å². The third kappa shape index (κ3) is 3.18. The highest BCUT2D eigenvalue weighted by atomic mass is 16.5. The quantitative estimate of drug-likeness (QED) is 0.761. The molecule has 0 spiro atoms. The van der Waals surface area contributed by atoms with Crippen LogP contribution in [0.3, 0.4) is 0 Å². The maximum Gasteiger partial charge on any atom is 0.324 e. The van der Waals surface area contributed by atoms with Gasteiger partial charge in [0.25, 0.3) is 0 Å². The molecule has 1 fully saturated rings.